The van der Waals surface area contributed by atoms with E-state index < -0.39 is 0 Å². The first-order chi connectivity index (χ1) is 13.6. The number of nitrogens with one attached hydrogen (secondary N) is 2. The van der Waals surface area contributed by atoms with Crippen LogP contribution in [-0.2, 0) is 0 Å². The molecule has 1 saturated carbocycles. The molecule has 28 heavy (non-hydrogen) atoms. The molecule has 3 aromatic rings. The van der Waals surface area contributed by atoms with Crippen LogP contribution in [0.15, 0.2) is 53.4 Å². The second kappa shape index (κ2) is 8.10. The highest BCUT2D eigenvalue weighted by molar-refractivity contribution is 9.10. The molecule has 0 saturated heterocycles. The molecule has 1 aromatic carbocycles. The van der Waals surface area contributed by atoms with Gasteiger partial charge in [-0.1, -0.05) is 12.1 Å². The number of benzene rings is 1. The first-order valence-electron chi connectivity index (χ1n) is 9.27. The van der Waals surface area contributed by atoms with Crippen molar-refractivity contribution < 1.29 is 4.79 Å². The Morgan fingerprint density at radius 3 is 2.71 bits per heavy atom. The van der Waals surface area contributed by atoms with Gasteiger partial charge in [0.1, 0.15) is 5.82 Å². The van der Waals surface area contributed by atoms with Gasteiger partial charge in [0.05, 0.1) is 28.1 Å². The van der Waals surface area contributed by atoms with Crippen LogP contribution in [0.4, 0.5) is 5.82 Å². The standard InChI is InChI=1S/C20H21BrN6O/c1-13-11-15(21)19(22-12-13)25-16-6-4-7-17(16)26-20(28)14-5-2-3-8-18(14)27-23-9-10-24-27/h2-3,5,8-12,16-17H,4,6-7H2,1H3,(H,22,25)(H,26,28)/t16-,17-/m0/s1. The average Bonchev–Trinajstić information content (AvgIpc) is 3.36. The molecule has 8 heteroatoms. The van der Waals surface area contributed by atoms with E-state index in [0.29, 0.717) is 11.3 Å². The van der Waals surface area contributed by atoms with Crippen molar-refractivity contribution in [3.63, 3.8) is 0 Å². The van der Waals surface area contributed by atoms with E-state index >= 15 is 0 Å². The summed E-state index contributed by atoms with van der Waals surface area (Å²) in [7, 11) is 0. The highest BCUT2D eigenvalue weighted by atomic mass is 79.9. The highest BCUT2D eigenvalue weighted by Crippen LogP contribution is 2.27. The van der Waals surface area contributed by atoms with Crippen molar-refractivity contribution in [1.29, 1.82) is 0 Å². The van der Waals surface area contributed by atoms with Crippen molar-refractivity contribution in [2.75, 3.05) is 5.32 Å². The van der Waals surface area contributed by atoms with E-state index in [1.807, 2.05) is 37.4 Å². The Balaban J connectivity index is 1.50. The van der Waals surface area contributed by atoms with Gasteiger partial charge in [-0.3, -0.25) is 4.79 Å². The first kappa shape index (κ1) is 18.6. The Morgan fingerprint density at radius 1 is 1.18 bits per heavy atom. The van der Waals surface area contributed by atoms with Gasteiger partial charge in [-0.2, -0.15) is 15.0 Å². The normalized spacial score (nSPS) is 18.8. The Hall–Kier alpha value is -2.74. The zero-order valence-corrected chi connectivity index (χ0v) is 17.1. The zero-order valence-electron chi connectivity index (χ0n) is 15.5. The van der Waals surface area contributed by atoms with Gasteiger partial charge < -0.3 is 10.6 Å². The van der Waals surface area contributed by atoms with Crippen molar-refractivity contribution in [3.8, 4) is 5.69 Å². The lowest BCUT2D eigenvalue weighted by Gasteiger charge is -2.23. The molecule has 144 valence electrons. The van der Waals surface area contributed by atoms with Crippen LogP contribution >= 0.6 is 15.9 Å². The summed E-state index contributed by atoms with van der Waals surface area (Å²) >= 11 is 3.56. The molecule has 1 amide bonds. The number of hydrogen-bond donors (Lipinski definition) is 2. The minimum absolute atomic E-state index is 0.0288. The van der Waals surface area contributed by atoms with Crippen LogP contribution < -0.4 is 10.6 Å². The molecular formula is C20H21BrN6O. The summed E-state index contributed by atoms with van der Waals surface area (Å²) in [5.41, 5.74) is 2.31. The van der Waals surface area contributed by atoms with Gasteiger partial charge in [0, 0.05) is 18.3 Å². The number of halogens is 1. The molecule has 1 aliphatic carbocycles. The van der Waals surface area contributed by atoms with Crippen LogP contribution in [-0.4, -0.2) is 38.0 Å². The van der Waals surface area contributed by atoms with Crippen LogP contribution in [0.2, 0.25) is 0 Å². The smallest absolute Gasteiger partial charge is 0.253 e. The van der Waals surface area contributed by atoms with E-state index in [9.17, 15) is 4.79 Å². The van der Waals surface area contributed by atoms with Gasteiger partial charge in [0.15, 0.2) is 0 Å². The van der Waals surface area contributed by atoms with E-state index in [1.165, 1.54) is 4.80 Å². The molecule has 4 rings (SSSR count). The van der Waals surface area contributed by atoms with Crippen molar-refractivity contribution in [3.05, 3.63) is 64.5 Å². The van der Waals surface area contributed by atoms with Crippen LogP contribution in [0.5, 0.6) is 0 Å². The molecule has 0 aliphatic heterocycles. The SMILES string of the molecule is Cc1cnc(N[C@H]2CCC[C@@H]2NC(=O)c2ccccc2-n2nccn2)c(Br)c1. The van der Waals surface area contributed by atoms with Crippen molar-refractivity contribution in [1.82, 2.24) is 25.3 Å². The third-order valence-electron chi connectivity index (χ3n) is 4.92. The molecule has 0 unspecified atom stereocenters. The number of aromatic nitrogens is 4. The second-order valence-electron chi connectivity index (χ2n) is 6.94. The summed E-state index contributed by atoms with van der Waals surface area (Å²) < 4.78 is 0.930. The van der Waals surface area contributed by atoms with E-state index in [2.05, 4.69) is 41.7 Å². The quantitative estimate of drug-likeness (QED) is 0.633. The maximum Gasteiger partial charge on any atom is 0.253 e. The Kier molecular flexibility index (Phi) is 5.38. The third kappa shape index (κ3) is 3.91. The van der Waals surface area contributed by atoms with E-state index in [0.717, 1.165) is 35.1 Å². The van der Waals surface area contributed by atoms with Gasteiger partial charge in [0.25, 0.3) is 5.91 Å². The molecule has 0 spiro atoms. The molecular weight excluding hydrogens is 420 g/mol. The zero-order chi connectivity index (χ0) is 19.5. The maximum atomic E-state index is 13.0. The lowest BCUT2D eigenvalue weighted by atomic mass is 10.1. The Morgan fingerprint density at radius 2 is 1.93 bits per heavy atom. The van der Waals surface area contributed by atoms with Crippen LogP contribution in [0.25, 0.3) is 5.69 Å². The first-order valence-corrected chi connectivity index (χ1v) is 10.1. The predicted molar refractivity (Wildman–Crippen MR) is 111 cm³/mol. The van der Waals surface area contributed by atoms with E-state index in [4.69, 9.17) is 0 Å². The number of carbonyl (C=O) groups excluding carboxylic acids is 1. The number of hydrogen-bond acceptors (Lipinski definition) is 5. The van der Waals surface area contributed by atoms with E-state index in [1.54, 1.807) is 18.5 Å². The van der Waals surface area contributed by atoms with Gasteiger partial charge in [-0.25, -0.2) is 4.98 Å². The summed E-state index contributed by atoms with van der Waals surface area (Å²) in [6, 6.07) is 9.54. The molecule has 2 N–H and O–H groups in total. The van der Waals surface area contributed by atoms with Crippen molar-refractivity contribution in [2.24, 2.45) is 0 Å². The third-order valence-corrected chi connectivity index (χ3v) is 5.52. The molecule has 2 atom stereocenters. The van der Waals surface area contributed by atoms with Gasteiger partial charge in [0.2, 0.25) is 0 Å². The molecule has 0 bridgehead atoms. The number of anilines is 1. The van der Waals surface area contributed by atoms with Gasteiger partial charge >= 0.3 is 0 Å². The molecule has 2 aromatic heterocycles. The number of amides is 1. The van der Waals surface area contributed by atoms with Crippen molar-refractivity contribution in [2.45, 2.75) is 38.3 Å². The van der Waals surface area contributed by atoms with E-state index in [-0.39, 0.29) is 18.0 Å². The monoisotopic (exact) mass is 440 g/mol. The Labute approximate surface area is 171 Å². The number of rotatable bonds is 5. The maximum absolute atomic E-state index is 13.0. The fourth-order valence-electron chi connectivity index (χ4n) is 3.55. The fourth-order valence-corrected chi connectivity index (χ4v) is 4.13. The lowest BCUT2D eigenvalue weighted by Crippen LogP contribution is -2.43. The van der Waals surface area contributed by atoms with Gasteiger partial charge in [-0.15, -0.1) is 0 Å². The number of para-hydroxylation sites is 1. The largest absolute Gasteiger partial charge is 0.364 e. The molecule has 1 aliphatic rings. The topological polar surface area (TPSA) is 84.7 Å². The number of carbonyl (C=O) groups is 1. The number of nitrogens with zero attached hydrogens (tertiary/aromatic N) is 4. The summed E-state index contributed by atoms with van der Waals surface area (Å²) in [5.74, 6) is 0.681. The average molecular weight is 441 g/mol. The molecule has 7 nitrogen and oxygen atoms in total. The Bertz CT molecular complexity index is 975. The lowest BCUT2D eigenvalue weighted by molar-refractivity contribution is 0.0935. The minimum atomic E-state index is -0.123. The second-order valence-corrected chi connectivity index (χ2v) is 7.79. The summed E-state index contributed by atoms with van der Waals surface area (Å²) in [4.78, 5) is 18.9. The summed E-state index contributed by atoms with van der Waals surface area (Å²) in [6.45, 7) is 2.01. The molecule has 2 heterocycles. The number of aryl methyl sites for hydroxylation is 1. The molecule has 1 fully saturated rings. The summed E-state index contributed by atoms with van der Waals surface area (Å²) in [5, 5.41) is 15.0. The minimum Gasteiger partial charge on any atom is -0.364 e. The van der Waals surface area contributed by atoms with Crippen LogP contribution in [0.3, 0.4) is 0 Å². The van der Waals surface area contributed by atoms with Crippen LogP contribution in [0, 0.1) is 6.92 Å². The molecule has 0 radical (unpaired) electrons. The van der Waals surface area contributed by atoms with Gasteiger partial charge in [-0.05, 0) is 65.9 Å². The number of pyridine rings is 1. The predicted octanol–water partition coefficient (Wildman–Crippen LogP) is 3.50. The highest BCUT2D eigenvalue weighted by Gasteiger charge is 2.30. The van der Waals surface area contributed by atoms with Crippen LogP contribution in [0.1, 0.15) is 35.2 Å². The summed E-state index contributed by atoms with van der Waals surface area (Å²) in [6.07, 6.45) is 7.98. The van der Waals surface area contributed by atoms with Crippen molar-refractivity contribution >= 4 is 27.7 Å². The fraction of sp³-hybridized carbons (Fsp3) is 0.300.